The maximum atomic E-state index is 13.7. The first-order valence-electron chi connectivity index (χ1n) is 11.9. The lowest BCUT2D eigenvalue weighted by Gasteiger charge is -2.41. The van der Waals surface area contributed by atoms with Crippen LogP contribution in [-0.4, -0.2) is 26.2 Å². The molecule has 34 heavy (non-hydrogen) atoms. The van der Waals surface area contributed by atoms with E-state index in [1.54, 1.807) is 0 Å². The van der Waals surface area contributed by atoms with Crippen LogP contribution in [-0.2, 0) is 5.41 Å². The predicted octanol–water partition coefficient (Wildman–Crippen LogP) is 6.17. The quantitative estimate of drug-likeness (QED) is 0.376. The van der Waals surface area contributed by atoms with Crippen molar-refractivity contribution in [2.45, 2.75) is 37.6 Å². The molecule has 1 atom stereocenters. The van der Waals surface area contributed by atoms with Gasteiger partial charge in [-0.05, 0) is 80.6 Å². The Balaban J connectivity index is 1.56. The minimum atomic E-state index is -0.873. The van der Waals surface area contributed by atoms with Crippen molar-refractivity contribution in [3.05, 3.63) is 102 Å². The molecule has 178 valence electrons. The number of benzene rings is 3. The van der Waals surface area contributed by atoms with Crippen LogP contribution in [0.5, 0.6) is 0 Å². The van der Waals surface area contributed by atoms with Crippen LogP contribution in [0.15, 0.2) is 79.0 Å². The smallest absolute Gasteiger partial charge is 0.160 e. The van der Waals surface area contributed by atoms with Gasteiger partial charge in [0.1, 0.15) is 0 Å². The van der Waals surface area contributed by atoms with Gasteiger partial charge in [0.25, 0.3) is 0 Å². The minimum Gasteiger partial charge on any atom is -0.358 e. The first-order valence-corrected chi connectivity index (χ1v) is 11.9. The van der Waals surface area contributed by atoms with Gasteiger partial charge in [0.05, 0.1) is 0 Å². The fraction of sp³-hybridized carbons (Fsp3) is 0.310. The highest BCUT2D eigenvalue weighted by atomic mass is 19.2. The van der Waals surface area contributed by atoms with Gasteiger partial charge in [-0.15, -0.1) is 0 Å². The van der Waals surface area contributed by atoms with E-state index in [2.05, 4.69) is 78.0 Å². The molecule has 1 fully saturated rings. The highest BCUT2D eigenvalue weighted by Gasteiger charge is 2.36. The average Bonchev–Trinajstić information content (AvgIpc) is 2.85. The van der Waals surface area contributed by atoms with Gasteiger partial charge >= 0.3 is 0 Å². The molecular formula is C29H33F2N3. The Kier molecular flexibility index (Phi) is 7.44. The van der Waals surface area contributed by atoms with Crippen molar-refractivity contribution in [1.29, 1.82) is 0 Å². The Morgan fingerprint density at radius 3 is 2.35 bits per heavy atom. The Hall–Kier alpha value is -3.02. The van der Waals surface area contributed by atoms with E-state index in [1.807, 2.05) is 7.05 Å². The largest absolute Gasteiger partial charge is 0.358 e. The van der Waals surface area contributed by atoms with Crippen molar-refractivity contribution in [3.63, 3.8) is 0 Å². The molecule has 1 aliphatic rings. The summed E-state index contributed by atoms with van der Waals surface area (Å²) in [6, 6.07) is 21.3. The van der Waals surface area contributed by atoms with Crippen molar-refractivity contribution < 1.29 is 8.78 Å². The lowest BCUT2D eigenvalue weighted by atomic mass is 9.68. The van der Waals surface area contributed by atoms with E-state index < -0.39 is 11.6 Å². The summed E-state index contributed by atoms with van der Waals surface area (Å²) in [5.74, 6) is -1.73. The van der Waals surface area contributed by atoms with Crippen LogP contribution in [0, 0.1) is 18.6 Å². The molecule has 3 aromatic rings. The summed E-state index contributed by atoms with van der Waals surface area (Å²) in [4.78, 5) is 0. The number of anilines is 1. The number of likely N-dealkylation sites (N-methyl/N-ethyl adjacent to an activating group) is 1. The molecule has 5 heteroatoms. The number of hydrogen-bond donors (Lipinski definition) is 3. The molecule has 1 saturated heterocycles. The van der Waals surface area contributed by atoms with E-state index in [4.69, 9.17) is 0 Å². The summed E-state index contributed by atoms with van der Waals surface area (Å²) in [5, 5.41) is 10.0. The molecule has 4 rings (SSSR count). The molecule has 0 amide bonds. The van der Waals surface area contributed by atoms with E-state index in [1.165, 1.54) is 28.3 Å². The highest BCUT2D eigenvalue weighted by Crippen LogP contribution is 2.39. The van der Waals surface area contributed by atoms with Gasteiger partial charge in [-0.3, -0.25) is 0 Å². The molecule has 0 spiro atoms. The van der Waals surface area contributed by atoms with E-state index >= 15 is 0 Å². The highest BCUT2D eigenvalue weighted by molar-refractivity contribution is 5.64. The lowest BCUT2D eigenvalue weighted by molar-refractivity contribution is 0.268. The van der Waals surface area contributed by atoms with Gasteiger partial charge in [0, 0.05) is 23.5 Å². The minimum absolute atomic E-state index is 0.0112. The monoisotopic (exact) mass is 461 g/mol. The Morgan fingerprint density at radius 1 is 0.971 bits per heavy atom. The molecule has 0 bridgehead atoms. The summed E-state index contributed by atoms with van der Waals surface area (Å²) < 4.78 is 27.0. The van der Waals surface area contributed by atoms with E-state index in [0.29, 0.717) is 5.69 Å². The fourth-order valence-electron chi connectivity index (χ4n) is 4.99. The molecule has 1 heterocycles. The van der Waals surface area contributed by atoms with Gasteiger partial charge in [-0.25, -0.2) is 8.78 Å². The van der Waals surface area contributed by atoms with Crippen LogP contribution in [0.4, 0.5) is 14.5 Å². The van der Waals surface area contributed by atoms with Crippen LogP contribution in [0.25, 0.3) is 11.1 Å². The number of aryl methyl sites for hydroxylation is 1. The predicted molar refractivity (Wildman–Crippen MR) is 137 cm³/mol. The third-order valence-electron chi connectivity index (χ3n) is 7.00. The van der Waals surface area contributed by atoms with Crippen LogP contribution in [0.3, 0.4) is 0 Å². The topological polar surface area (TPSA) is 36.1 Å². The number of nitrogens with one attached hydrogen (secondary N) is 3. The molecule has 3 N–H and O–H groups in total. The second-order valence-electron chi connectivity index (χ2n) is 9.30. The van der Waals surface area contributed by atoms with E-state index in [-0.39, 0.29) is 11.5 Å². The maximum absolute atomic E-state index is 13.7. The van der Waals surface area contributed by atoms with Crippen molar-refractivity contribution in [2.24, 2.45) is 0 Å². The Bertz CT molecular complexity index is 1130. The summed E-state index contributed by atoms with van der Waals surface area (Å²) >= 11 is 0. The van der Waals surface area contributed by atoms with Crippen LogP contribution >= 0.6 is 0 Å². The zero-order valence-electron chi connectivity index (χ0n) is 19.9. The normalized spacial score (nSPS) is 16.1. The Labute approximate surface area is 201 Å². The van der Waals surface area contributed by atoms with Crippen molar-refractivity contribution in [2.75, 3.05) is 25.5 Å². The second kappa shape index (κ2) is 10.5. The molecule has 0 aromatic heterocycles. The van der Waals surface area contributed by atoms with Gasteiger partial charge in [0.15, 0.2) is 11.6 Å². The Morgan fingerprint density at radius 2 is 1.71 bits per heavy atom. The fourth-order valence-corrected chi connectivity index (χ4v) is 4.99. The van der Waals surface area contributed by atoms with Gasteiger partial charge < -0.3 is 16.0 Å². The molecule has 3 nitrogen and oxygen atoms in total. The number of halogens is 2. The first-order chi connectivity index (χ1) is 16.4. The number of rotatable bonds is 8. The summed E-state index contributed by atoms with van der Waals surface area (Å²) in [6.07, 6.45) is 2.89. The summed E-state index contributed by atoms with van der Waals surface area (Å²) in [5.41, 5.74) is 6.23. The molecular weight excluding hydrogens is 428 g/mol. The molecule has 1 aliphatic heterocycles. The molecule has 0 aliphatic carbocycles. The molecule has 1 unspecified atom stereocenters. The molecule has 0 saturated carbocycles. The third kappa shape index (κ3) is 5.37. The van der Waals surface area contributed by atoms with Crippen molar-refractivity contribution in [3.8, 4) is 11.1 Å². The van der Waals surface area contributed by atoms with Crippen molar-refractivity contribution in [1.82, 2.24) is 10.6 Å². The second-order valence-corrected chi connectivity index (χ2v) is 9.30. The number of piperidine rings is 1. The van der Waals surface area contributed by atoms with E-state index in [0.717, 1.165) is 50.2 Å². The van der Waals surface area contributed by atoms with Gasteiger partial charge in [0.2, 0.25) is 0 Å². The zero-order valence-corrected chi connectivity index (χ0v) is 19.9. The maximum Gasteiger partial charge on any atom is 0.160 e. The van der Waals surface area contributed by atoms with Crippen LogP contribution in [0.1, 0.15) is 30.4 Å². The van der Waals surface area contributed by atoms with E-state index in [9.17, 15) is 8.78 Å². The first kappa shape index (κ1) is 24.1. The summed E-state index contributed by atoms with van der Waals surface area (Å²) in [7, 11) is 1.92. The lowest BCUT2D eigenvalue weighted by Crippen LogP contribution is -2.45. The molecule has 3 aromatic carbocycles. The SMILES string of the molecule is C=C(Nc1ccc(F)c(F)c1)C(CC1(c2ccc(-c3cccc(C)c3)cc2)CCNCC1)NC. The standard InChI is InChI=1S/C29H33F2N3/c1-20-5-4-6-23(17-20)22-7-9-24(10-8-22)29(13-15-33-16-14-29)19-28(32-3)21(2)34-25-11-12-26(30)27(31)18-25/h4-12,17-18,28,32-34H,2,13-16,19H2,1,3H3. The number of hydrogen-bond acceptors (Lipinski definition) is 3. The van der Waals surface area contributed by atoms with Crippen LogP contribution in [0.2, 0.25) is 0 Å². The average molecular weight is 462 g/mol. The zero-order chi connectivity index (χ0) is 24.1. The van der Waals surface area contributed by atoms with Gasteiger partial charge in [-0.2, -0.15) is 0 Å². The van der Waals surface area contributed by atoms with Crippen molar-refractivity contribution >= 4 is 5.69 Å². The van der Waals surface area contributed by atoms with Gasteiger partial charge in [-0.1, -0.05) is 60.7 Å². The molecule has 0 radical (unpaired) electrons. The van der Waals surface area contributed by atoms with Crippen LogP contribution < -0.4 is 16.0 Å². The summed E-state index contributed by atoms with van der Waals surface area (Å²) in [6.45, 7) is 8.25. The third-order valence-corrected chi connectivity index (χ3v) is 7.00.